The number of rotatable bonds is 7. The molecule has 0 aliphatic rings. The predicted octanol–water partition coefficient (Wildman–Crippen LogP) is 2.51. The molecule has 2 rings (SSSR count). The fourth-order valence-electron chi connectivity index (χ4n) is 1.96. The monoisotopic (exact) mass is 274 g/mol. The molecule has 0 bridgehead atoms. The van der Waals surface area contributed by atoms with Crippen LogP contribution in [0.3, 0.4) is 0 Å². The highest BCUT2D eigenvalue weighted by Crippen LogP contribution is 2.13. The van der Waals surface area contributed by atoms with Crippen LogP contribution in [0.2, 0.25) is 0 Å². The molecule has 2 aromatic heterocycles. The van der Waals surface area contributed by atoms with Crippen molar-refractivity contribution in [1.82, 2.24) is 15.3 Å². The van der Waals surface area contributed by atoms with Gasteiger partial charge in [-0.3, -0.25) is 0 Å². The Labute approximate surface area is 120 Å². The number of aryl methyl sites for hydroxylation is 1. The molecule has 2 aromatic rings. The van der Waals surface area contributed by atoms with Gasteiger partial charge in [-0.15, -0.1) is 0 Å². The highest BCUT2D eigenvalue weighted by atomic mass is 16.3. The van der Waals surface area contributed by atoms with E-state index in [4.69, 9.17) is 4.42 Å². The first kappa shape index (κ1) is 14.5. The second kappa shape index (κ2) is 7.05. The number of hydrogen-bond acceptors (Lipinski definition) is 5. The summed E-state index contributed by atoms with van der Waals surface area (Å²) in [6.45, 7) is 6.76. The van der Waals surface area contributed by atoms with Crippen LogP contribution in [0, 0.1) is 6.92 Å². The van der Waals surface area contributed by atoms with Crippen molar-refractivity contribution < 1.29 is 4.42 Å². The number of nitrogens with zero attached hydrogens (tertiary/aromatic N) is 3. The molecule has 5 nitrogen and oxygen atoms in total. The average Bonchev–Trinajstić information content (AvgIpc) is 2.93. The van der Waals surface area contributed by atoms with Gasteiger partial charge < -0.3 is 14.6 Å². The van der Waals surface area contributed by atoms with Gasteiger partial charge in [-0.05, 0) is 26.0 Å². The quantitative estimate of drug-likeness (QED) is 0.786. The van der Waals surface area contributed by atoms with Gasteiger partial charge in [-0.25, -0.2) is 9.97 Å². The highest BCUT2D eigenvalue weighted by Gasteiger charge is 2.08. The maximum atomic E-state index is 5.07. The average molecular weight is 274 g/mol. The first-order chi connectivity index (χ1) is 9.70. The Morgan fingerprint density at radius 3 is 2.90 bits per heavy atom. The van der Waals surface area contributed by atoms with Crippen molar-refractivity contribution in [1.29, 1.82) is 0 Å². The van der Waals surface area contributed by atoms with E-state index in [0.717, 1.165) is 48.8 Å². The molecule has 0 unspecified atom stereocenters. The summed E-state index contributed by atoms with van der Waals surface area (Å²) in [5.74, 6) is 0.739. The lowest BCUT2D eigenvalue weighted by Gasteiger charge is -2.17. The molecule has 1 N–H and O–H groups in total. The minimum Gasteiger partial charge on any atom is -0.472 e. The normalized spacial score (nSPS) is 10.8. The SMILES string of the molecule is CCCNCc1cnc(N(C)Cc2ccoc2)nc1C. The Hall–Kier alpha value is -1.88. The van der Waals surface area contributed by atoms with Crippen LogP contribution < -0.4 is 10.2 Å². The first-order valence-corrected chi connectivity index (χ1v) is 6.96. The van der Waals surface area contributed by atoms with Crippen molar-refractivity contribution in [2.45, 2.75) is 33.4 Å². The third-order valence-electron chi connectivity index (χ3n) is 3.15. The lowest BCUT2D eigenvalue weighted by Crippen LogP contribution is -2.20. The maximum absolute atomic E-state index is 5.07. The Morgan fingerprint density at radius 1 is 1.40 bits per heavy atom. The van der Waals surface area contributed by atoms with E-state index in [1.165, 1.54) is 0 Å². The van der Waals surface area contributed by atoms with E-state index in [1.807, 2.05) is 31.1 Å². The standard InChI is InChI=1S/C15H22N4O/c1-4-6-16-8-14-9-17-15(18-12(14)2)19(3)10-13-5-7-20-11-13/h5,7,9,11,16H,4,6,8,10H2,1-3H3. The van der Waals surface area contributed by atoms with Gasteiger partial charge in [0.25, 0.3) is 0 Å². The van der Waals surface area contributed by atoms with Gasteiger partial charge in [0.2, 0.25) is 5.95 Å². The molecule has 0 amide bonds. The van der Waals surface area contributed by atoms with Crippen LogP contribution in [0.4, 0.5) is 5.95 Å². The van der Waals surface area contributed by atoms with Gasteiger partial charge in [0.05, 0.1) is 12.5 Å². The third kappa shape index (κ3) is 3.81. The summed E-state index contributed by atoms with van der Waals surface area (Å²) in [6.07, 6.45) is 6.46. The number of hydrogen-bond donors (Lipinski definition) is 1. The molecular weight excluding hydrogens is 252 g/mol. The molecule has 0 aliphatic carbocycles. The van der Waals surface area contributed by atoms with Crippen LogP contribution >= 0.6 is 0 Å². The van der Waals surface area contributed by atoms with Crippen molar-refractivity contribution in [3.8, 4) is 0 Å². The largest absolute Gasteiger partial charge is 0.472 e. The van der Waals surface area contributed by atoms with E-state index in [2.05, 4.69) is 22.2 Å². The zero-order chi connectivity index (χ0) is 14.4. The molecule has 0 aromatic carbocycles. The van der Waals surface area contributed by atoms with Crippen molar-refractivity contribution in [3.05, 3.63) is 41.6 Å². The summed E-state index contributed by atoms with van der Waals surface area (Å²) in [5.41, 5.74) is 3.29. The molecule has 0 fully saturated rings. The van der Waals surface area contributed by atoms with Crippen LogP contribution in [0.15, 0.2) is 29.2 Å². The summed E-state index contributed by atoms with van der Waals surface area (Å²) in [4.78, 5) is 11.0. The summed E-state index contributed by atoms with van der Waals surface area (Å²) in [7, 11) is 1.98. The van der Waals surface area contributed by atoms with E-state index in [-0.39, 0.29) is 0 Å². The fraction of sp³-hybridized carbons (Fsp3) is 0.467. The van der Waals surface area contributed by atoms with Crippen LogP contribution in [0.1, 0.15) is 30.2 Å². The van der Waals surface area contributed by atoms with Crippen LogP contribution in [-0.4, -0.2) is 23.6 Å². The van der Waals surface area contributed by atoms with E-state index < -0.39 is 0 Å². The molecule has 2 heterocycles. The molecule has 0 saturated carbocycles. The Kier molecular flexibility index (Phi) is 5.12. The molecular formula is C15H22N4O. The Morgan fingerprint density at radius 2 is 2.25 bits per heavy atom. The van der Waals surface area contributed by atoms with E-state index >= 15 is 0 Å². The van der Waals surface area contributed by atoms with Gasteiger partial charge >= 0.3 is 0 Å². The molecule has 0 aliphatic heterocycles. The Balaban J connectivity index is 2.00. The van der Waals surface area contributed by atoms with Crippen LogP contribution in [0.5, 0.6) is 0 Å². The van der Waals surface area contributed by atoms with Crippen LogP contribution in [0.25, 0.3) is 0 Å². The van der Waals surface area contributed by atoms with Crippen molar-refractivity contribution >= 4 is 5.95 Å². The van der Waals surface area contributed by atoms with Gasteiger partial charge in [-0.1, -0.05) is 6.92 Å². The van der Waals surface area contributed by atoms with E-state index in [9.17, 15) is 0 Å². The summed E-state index contributed by atoms with van der Waals surface area (Å²) < 4.78 is 5.07. The summed E-state index contributed by atoms with van der Waals surface area (Å²) >= 11 is 0. The number of anilines is 1. The van der Waals surface area contributed by atoms with Crippen molar-refractivity contribution in [3.63, 3.8) is 0 Å². The smallest absolute Gasteiger partial charge is 0.225 e. The van der Waals surface area contributed by atoms with Gasteiger partial charge in [0.1, 0.15) is 0 Å². The lowest BCUT2D eigenvalue weighted by atomic mass is 10.2. The van der Waals surface area contributed by atoms with E-state index in [0.29, 0.717) is 0 Å². The van der Waals surface area contributed by atoms with E-state index in [1.54, 1.807) is 12.5 Å². The predicted molar refractivity (Wildman–Crippen MR) is 79.6 cm³/mol. The summed E-state index contributed by atoms with van der Waals surface area (Å²) in [6, 6.07) is 1.95. The molecule has 0 atom stereocenters. The second-order valence-electron chi connectivity index (χ2n) is 4.95. The van der Waals surface area contributed by atoms with Gasteiger partial charge in [0, 0.05) is 43.2 Å². The topological polar surface area (TPSA) is 54.2 Å². The lowest BCUT2D eigenvalue weighted by molar-refractivity contribution is 0.563. The zero-order valence-electron chi connectivity index (χ0n) is 12.4. The Bertz CT molecular complexity index is 525. The fourth-order valence-corrected chi connectivity index (χ4v) is 1.96. The number of nitrogens with one attached hydrogen (secondary N) is 1. The minimum atomic E-state index is 0.739. The second-order valence-corrected chi connectivity index (χ2v) is 4.95. The summed E-state index contributed by atoms with van der Waals surface area (Å²) in [5, 5.41) is 3.37. The van der Waals surface area contributed by atoms with Gasteiger partial charge in [0.15, 0.2) is 0 Å². The zero-order valence-corrected chi connectivity index (χ0v) is 12.4. The minimum absolute atomic E-state index is 0.739. The molecule has 20 heavy (non-hydrogen) atoms. The maximum Gasteiger partial charge on any atom is 0.225 e. The molecule has 0 saturated heterocycles. The third-order valence-corrected chi connectivity index (χ3v) is 3.15. The molecule has 5 heteroatoms. The molecule has 0 spiro atoms. The number of furan rings is 1. The molecule has 108 valence electrons. The van der Waals surface area contributed by atoms with Gasteiger partial charge in [-0.2, -0.15) is 0 Å². The van der Waals surface area contributed by atoms with Crippen molar-refractivity contribution in [2.75, 3.05) is 18.5 Å². The number of aromatic nitrogens is 2. The van der Waals surface area contributed by atoms with Crippen LogP contribution in [-0.2, 0) is 13.1 Å². The first-order valence-electron chi connectivity index (χ1n) is 6.96. The highest BCUT2D eigenvalue weighted by molar-refractivity contribution is 5.33. The van der Waals surface area contributed by atoms with Crippen molar-refractivity contribution in [2.24, 2.45) is 0 Å². The molecule has 0 radical (unpaired) electrons.